The summed E-state index contributed by atoms with van der Waals surface area (Å²) in [6.07, 6.45) is 3.26. The summed E-state index contributed by atoms with van der Waals surface area (Å²) >= 11 is 0. The number of rotatable bonds is 4. The zero-order valence-corrected chi connectivity index (χ0v) is 13.4. The van der Waals surface area contributed by atoms with E-state index in [0.717, 1.165) is 23.9 Å². The molecule has 0 aliphatic heterocycles. The molecule has 0 aliphatic rings. The molecule has 0 aliphatic carbocycles. The summed E-state index contributed by atoms with van der Waals surface area (Å²) in [5, 5.41) is 6.22. The lowest BCUT2D eigenvalue weighted by Crippen LogP contribution is -2.15. The number of para-hydroxylation sites is 1. The van der Waals surface area contributed by atoms with Crippen LogP contribution in [-0.4, -0.2) is 15.9 Å². The standard InChI is InChI=1S/C17H22FN3O/c1-12(9-17(2,3)4)14-7-5-6-8-15(14)20-16(22)13-10-19-21(18)11-13/h5-8,10-12H,9H2,1-4H3,(H,20,22). The summed E-state index contributed by atoms with van der Waals surface area (Å²) < 4.78 is 12.8. The number of nitrogens with one attached hydrogen (secondary N) is 1. The second kappa shape index (κ2) is 6.30. The van der Waals surface area contributed by atoms with Crippen molar-refractivity contribution in [2.24, 2.45) is 5.41 Å². The highest BCUT2D eigenvalue weighted by Gasteiger charge is 2.19. The number of nitrogens with zero attached hydrogens (tertiary/aromatic N) is 2. The third-order valence-electron chi connectivity index (χ3n) is 3.47. The number of carbonyl (C=O) groups excluding carboxylic acids is 1. The number of benzene rings is 1. The van der Waals surface area contributed by atoms with Gasteiger partial charge in [0.2, 0.25) is 0 Å². The van der Waals surface area contributed by atoms with Crippen LogP contribution in [0.2, 0.25) is 0 Å². The molecule has 0 radical (unpaired) electrons. The van der Waals surface area contributed by atoms with Crippen LogP contribution in [0, 0.1) is 5.41 Å². The van der Waals surface area contributed by atoms with Crippen molar-refractivity contribution in [3.63, 3.8) is 0 Å². The van der Waals surface area contributed by atoms with Gasteiger partial charge in [0, 0.05) is 5.69 Å². The quantitative estimate of drug-likeness (QED) is 0.909. The summed E-state index contributed by atoms with van der Waals surface area (Å²) in [6.45, 7) is 8.73. The number of halogens is 1. The minimum atomic E-state index is -0.362. The minimum Gasteiger partial charge on any atom is -0.322 e. The molecule has 0 saturated heterocycles. The van der Waals surface area contributed by atoms with E-state index >= 15 is 0 Å². The van der Waals surface area contributed by atoms with E-state index in [1.54, 1.807) is 0 Å². The summed E-state index contributed by atoms with van der Waals surface area (Å²) in [6, 6.07) is 7.72. The van der Waals surface area contributed by atoms with Crippen molar-refractivity contribution in [1.29, 1.82) is 0 Å². The fraction of sp³-hybridized carbons (Fsp3) is 0.412. The Morgan fingerprint density at radius 2 is 2.05 bits per heavy atom. The molecule has 2 aromatic rings. The second-order valence-electron chi connectivity index (χ2n) is 6.82. The molecule has 1 heterocycles. The molecule has 5 heteroatoms. The number of hydrogen-bond acceptors (Lipinski definition) is 2. The number of hydrogen-bond donors (Lipinski definition) is 1. The van der Waals surface area contributed by atoms with E-state index in [1.165, 1.54) is 6.20 Å². The number of aromatic nitrogens is 2. The third-order valence-corrected chi connectivity index (χ3v) is 3.47. The lowest BCUT2D eigenvalue weighted by atomic mass is 9.82. The predicted molar refractivity (Wildman–Crippen MR) is 85.6 cm³/mol. The first-order chi connectivity index (χ1) is 10.3. The second-order valence-corrected chi connectivity index (χ2v) is 6.82. The van der Waals surface area contributed by atoms with Crippen LogP contribution in [0.1, 0.15) is 56.0 Å². The molecular formula is C17H22FN3O. The molecular weight excluding hydrogens is 281 g/mol. The Balaban J connectivity index is 2.19. The van der Waals surface area contributed by atoms with Gasteiger partial charge in [0.25, 0.3) is 5.91 Å². The van der Waals surface area contributed by atoms with Crippen LogP contribution in [0.3, 0.4) is 0 Å². The summed E-state index contributed by atoms with van der Waals surface area (Å²) in [4.78, 5) is 12.3. The highest BCUT2D eigenvalue weighted by molar-refractivity contribution is 6.04. The first-order valence-corrected chi connectivity index (χ1v) is 7.37. The predicted octanol–water partition coefficient (Wildman–Crippen LogP) is 4.41. The first-order valence-electron chi connectivity index (χ1n) is 7.37. The van der Waals surface area contributed by atoms with Gasteiger partial charge in [-0.3, -0.25) is 4.79 Å². The molecule has 1 aromatic carbocycles. The van der Waals surface area contributed by atoms with Gasteiger partial charge in [-0.2, -0.15) is 5.10 Å². The molecule has 4 nitrogen and oxygen atoms in total. The van der Waals surface area contributed by atoms with Crippen LogP contribution >= 0.6 is 0 Å². The van der Waals surface area contributed by atoms with Crippen molar-refractivity contribution in [2.75, 3.05) is 5.32 Å². The van der Waals surface area contributed by atoms with Gasteiger partial charge in [-0.25, -0.2) is 0 Å². The van der Waals surface area contributed by atoms with Crippen molar-refractivity contribution in [3.8, 4) is 0 Å². The van der Waals surface area contributed by atoms with Crippen molar-refractivity contribution >= 4 is 11.6 Å². The molecule has 0 fully saturated rings. The Bertz CT molecular complexity index is 658. The Labute approximate surface area is 130 Å². The number of carbonyl (C=O) groups is 1. The van der Waals surface area contributed by atoms with Crippen molar-refractivity contribution < 1.29 is 9.28 Å². The van der Waals surface area contributed by atoms with E-state index in [2.05, 4.69) is 38.1 Å². The van der Waals surface area contributed by atoms with Crippen LogP contribution in [-0.2, 0) is 0 Å². The van der Waals surface area contributed by atoms with Gasteiger partial charge in [-0.15, -0.1) is 4.90 Å². The maximum atomic E-state index is 12.8. The van der Waals surface area contributed by atoms with E-state index in [9.17, 15) is 9.28 Å². The van der Waals surface area contributed by atoms with E-state index in [1.807, 2.05) is 24.3 Å². The Hall–Kier alpha value is -2.17. The summed E-state index contributed by atoms with van der Waals surface area (Å²) in [7, 11) is 0. The van der Waals surface area contributed by atoms with Gasteiger partial charge in [0.15, 0.2) is 0 Å². The lowest BCUT2D eigenvalue weighted by Gasteiger charge is -2.25. The molecule has 1 atom stereocenters. The molecule has 1 unspecified atom stereocenters. The summed E-state index contributed by atoms with van der Waals surface area (Å²) in [5.41, 5.74) is 2.24. The molecule has 118 valence electrons. The Morgan fingerprint density at radius 1 is 1.36 bits per heavy atom. The van der Waals surface area contributed by atoms with Gasteiger partial charge in [0.1, 0.15) is 0 Å². The number of anilines is 1. The maximum Gasteiger partial charge on any atom is 0.258 e. The van der Waals surface area contributed by atoms with Gasteiger partial charge in [-0.1, -0.05) is 50.4 Å². The molecule has 1 N–H and O–H groups in total. The van der Waals surface area contributed by atoms with Crippen LogP contribution in [0.15, 0.2) is 36.7 Å². The summed E-state index contributed by atoms with van der Waals surface area (Å²) in [5.74, 6) is -0.0558. The normalized spacial score (nSPS) is 13.0. The average molecular weight is 303 g/mol. The van der Waals surface area contributed by atoms with Gasteiger partial charge >= 0.3 is 0 Å². The first kappa shape index (κ1) is 16.2. The van der Waals surface area contributed by atoms with Crippen LogP contribution < -0.4 is 5.32 Å². The van der Waals surface area contributed by atoms with E-state index in [0.29, 0.717) is 5.92 Å². The third kappa shape index (κ3) is 4.16. The van der Waals surface area contributed by atoms with E-state index in [4.69, 9.17) is 0 Å². The van der Waals surface area contributed by atoms with E-state index in [-0.39, 0.29) is 21.8 Å². The molecule has 0 saturated carbocycles. The SMILES string of the molecule is CC(CC(C)(C)C)c1ccccc1NC(=O)c1cnn(F)c1. The molecule has 0 bridgehead atoms. The fourth-order valence-electron chi connectivity index (χ4n) is 2.68. The number of amides is 1. The van der Waals surface area contributed by atoms with Gasteiger partial charge in [-0.05, 0) is 29.4 Å². The topological polar surface area (TPSA) is 46.9 Å². The highest BCUT2D eigenvalue weighted by atomic mass is 19.2. The fourth-order valence-corrected chi connectivity index (χ4v) is 2.68. The van der Waals surface area contributed by atoms with Crippen LogP contribution in [0.4, 0.5) is 10.2 Å². The maximum absolute atomic E-state index is 12.8. The van der Waals surface area contributed by atoms with Crippen molar-refractivity contribution in [1.82, 2.24) is 10.0 Å². The van der Waals surface area contributed by atoms with E-state index < -0.39 is 0 Å². The average Bonchev–Trinajstić information content (AvgIpc) is 2.84. The van der Waals surface area contributed by atoms with Gasteiger partial charge < -0.3 is 5.32 Å². The highest BCUT2D eigenvalue weighted by Crippen LogP contribution is 2.34. The zero-order valence-electron chi connectivity index (χ0n) is 13.4. The van der Waals surface area contributed by atoms with Crippen molar-refractivity contribution in [3.05, 3.63) is 47.8 Å². The molecule has 22 heavy (non-hydrogen) atoms. The largest absolute Gasteiger partial charge is 0.322 e. The zero-order chi connectivity index (χ0) is 16.3. The van der Waals surface area contributed by atoms with Gasteiger partial charge in [0.05, 0.1) is 18.0 Å². The van der Waals surface area contributed by atoms with Crippen LogP contribution in [0.5, 0.6) is 0 Å². The minimum absolute atomic E-state index is 0.128. The van der Waals surface area contributed by atoms with Crippen LogP contribution in [0.25, 0.3) is 0 Å². The molecule has 1 aromatic heterocycles. The van der Waals surface area contributed by atoms with Crippen molar-refractivity contribution in [2.45, 2.75) is 40.0 Å². The smallest absolute Gasteiger partial charge is 0.258 e. The Morgan fingerprint density at radius 3 is 2.64 bits per heavy atom. The Kier molecular flexibility index (Phi) is 4.64. The lowest BCUT2D eigenvalue weighted by molar-refractivity contribution is 0.102. The molecule has 0 spiro atoms. The monoisotopic (exact) mass is 303 g/mol. The molecule has 2 rings (SSSR count). The molecule has 1 amide bonds.